The molecular weight excluding hydrogens is 258 g/mol. The molecular formula is C15H21NO4. The summed E-state index contributed by atoms with van der Waals surface area (Å²) in [7, 11) is 0. The fourth-order valence-electron chi connectivity index (χ4n) is 3.40. The standard InChI is InChI=1S/C15H21NO4/c1-2-7-11(13(18)19)16-12(17)10-15(14(16)20)8-5-3-4-6-9-15/h2,11H,1,3-10H2,(H,18,19). The fraction of sp³-hybridized carbons (Fsp3) is 0.667. The average Bonchev–Trinajstić information content (AvgIpc) is 2.58. The summed E-state index contributed by atoms with van der Waals surface area (Å²) >= 11 is 0. The van der Waals surface area contributed by atoms with Crippen LogP contribution in [0.15, 0.2) is 12.7 Å². The minimum atomic E-state index is -1.14. The number of carbonyl (C=O) groups is 3. The number of carbonyl (C=O) groups excluding carboxylic acids is 2. The summed E-state index contributed by atoms with van der Waals surface area (Å²) in [6.07, 6.45) is 7.16. The molecule has 110 valence electrons. The van der Waals surface area contributed by atoms with E-state index in [0.29, 0.717) is 12.8 Å². The lowest BCUT2D eigenvalue weighted by Crippen LogP contribution is -2.46. The second kappa shape index (κ2) is 5.77. The zero-order chi connectivity index (χ0) is 14.8. The van der Waals surface area contributed by atoms with Crippen molar-refractivity contribution in [3.8, 4) is 0 Å². The van der Waals surface area contributed by atoms with Crippen LogP contribution >= 0.6 is 0 Å². The second-order valence-electron chi connectivity index (χ2n) is 5.82. The predicted molar refractivity (Wildman–Crippen MR) is 72.8 cm³/mol. The summed E-state index contributed by atoms with van der Waals surface area (Å²) in [5.74, 6) is -1.76. The Morgan fingerprint density at radius 3 is 2.40 bits per heavy atom. The van der Waals surface area contributed by atoms with E-state index in [-0.39, 0.29) is 24.7 Å². The zero-order valence-electron chi connectivity index (χ0n) is 11.6. The molecule has 0 aromatic heterocycles. The molecule has 1 unspecified atom stereocenters. The maximum Gasteiger partial charge on any atom is 0.327 e. The number of aliphatic carboxylic acids is 1. The van der Waals surface area contributed by atoms with Crippen molar-refractivity contribution in [2.24, 2.45) is 5.41 Å². The molecule has 1 aliphatic carbocycles. The topological polar surface area (TPSA) is 74.7 Å². The summed E-state index contributed by atoms with van der Waals surface area (Å²) in [5, 5.41) is 9.25. The van der Waals surface area contributed by atoms with Crippen LogP contribution < -0.4 is 0 Å². The molecule has 1 spiro atoms. The van der Waals surface area contributed by atoms with Gasteiger partial charge in [-0.3, -0.25) is 14.5 Å². The molecule has 2 aliphatic rings. The molecule has 2 fully saturated rings. The Morgan fingerprint density at radius 2 is 1.90 bits per heavy atom. The Labute approximate surface area is 118 Å². The molecule has 0 radical (unpaired) electrons. The first-order valence-electron chi connectivity index (χ1n) is 7.22. The Bertz CT molecular complexity index is 435. The van der Waals surface area contributed by atoms with Crippen molar-refractivity contribution in [1.29, 1.82) is 0 Å². The van der Waals surface area contributed by atoms with Crippen LogP contribution in [0.3, 0.4) is 0 Å². The minimum absolute atomic E-state index is 0.100. The maximum absolute atomic E-state index is 12.7. The molecule has 1 atom stereocenters. The van der Waals surface area contributed by atoms with Gasteiger partial charge in [-0.2, -0.15) is 0 Å². The number of likely N-dealkylation sites (tertiary alicyclic amines) is 1. The van der Waals surface area contributed by atoms with E-state index in [1.807, 2.05) is 0 Å². The highest BCUT2D eigenvalue weighted by Crippen LogP contribution is 2.45. The van der Waals surface area contributed by atoms with Crippen molar-refractivity contribution in [3.05, 3.63) is 12.7 Å². The molecule has 2 rings (SSSR count). The Hall–Kier alpha value is -1.65. The summed E-state index contributed by atoms with van der Waals surface area (Å²) in [6, 6.07) is -1.10. The Kier molecular flexibility index (Phi) is 4.26. The molecule has 0 aromatic carbocycles. The Balaban J connectivity index is 2.27. The maximum atomic E-state index is 12.7. The van der Waals surface area contributed by atoms with E-state index in [2.05, 4.69) is 6.58 Å². The average molecular weight is 279 g/mol. The lowest BCUT2D eigenvalue weighted by molar-refractivity contribution is -0.155. The van der Waals surface area contributed by atoms with Crippen molar-refractivity contribution in [2.45, 2.75) is 57.4 Å². The van der Waals surface area contributed by atoms with Crippen LogP contribution in [0, 0.1) is 5.41 Å². The van der Waals surface area contributed by atoms with Crippen LogP contribution in [0.4, 0.5) is 0 Å². The highest BCUT2D eigenvalue weighted by atomic mass is 16.4. The molecule has 1 heterocycles. The first kappa shape index (κ1) is 14.8. The van der Waals surface area contributed by atoms with Gasteiger partial charge in [0.2, 0.25) is 11.8 Å². The third kappa shape index (κ3) is 2.49. The molecule has 20 heavy (non-hydrogen) atoms. The van der Waals surface area contributed by atoms with Gasteiger partial charge in [0.15, 0.2) is 0 Å². The minimum Gasteiger partial charge on any atom is -0.480 e. The highest BCUT2D eigenvalue weighted by molar-refractivity contribution is 6.08. The first-order chi connectivity index (χ1) is 9.52. The van der Waals surface area contributed by atoms with Crippen molar-refractivity contribution in [3.63, 3.8) is 0 Å². The highest BCUT2D eigenvalue weighted by Gasteiger charge is 2.53. The third-order valence-electron chi connectivity index (χ3n) is 4.48. The van der Waals surface area contributed by atoms with Crippen LogP contribution in [0.25, 0.3) is 0 Å². The van der Waals surface area contributed by atoms with Gasteiger partial charge in [-0.25, -0.2) is 4.79 Å². The smallest absolute Gasteiger partial charge is 0.327 e. The van der Waals surface area contributed by atoms with E-state index in [4.69, 9.17) is 0 Å². The van der Waals surface area contributed by atoms with Crippen LogP contribution in [0.5, 0.6) is 0 Å². The van der Waals surface area contributed by atoms with Gasteiger partial charge in [0.1, 0.15) is 6.04 Å². The fourth-order valence-corrected chi connectivity index (χ4v) is 3.40. The summed E-state index contributed by atoms with van der Waals surface area (Å²) in [5.41, 5.74) is -0.636. The number of carboxylic acid groups (broad SMARTS) is 1. The molecule has 0 bridgehead atoms. The number of amides is 2. The molecule has 0 aromatic rings. The summed E-state index contributed by atoms with van der Waals surface area (Å²) < 4.78 is 0. The van der Waals surface area contributed by atoms with Crippen LogP contribution in [0.2, 0.25) is 0 Å². The van der Waals surface area contributed by atoms with E-state index in [1.165, 1.54) is 6.08 Å². The lowest BCUT2D eigenvalue weighted by atomic mass is 9.79. The zero-order valence-corrected chi connectivity index (χ0v) is 11.6. The van der Waals surface area contributed by atoms with Crippen molar-refractivity contribution >= 4 is 17.8 Å². The van der Waals surface area contributed by atoms with E-state index < -0.39 is 17.4 Å². The molecule has 1 aliphatic heterocycles. The molecule has 5 heteroatoms. The van der Waals surface area contributed by atoms with E-state index >= 15 is 0 Å². The Morgan fingerprint density at radius 1 is 1.30 bits per heavy atom. The van der Waals surface area contributed by atoms with Crippen LogP contribution in [-0.2, 0) is 14.4 Å². The van der Waals surface area contributed by atoms with E-state index in [1.54, 1.807) is 0 Å². The van der Waals surface area contributed by atoms with E-state index in [0.717, 1.165) is 30.6 Å². The third-order valence-corrected chi connectivity index (χ3v) is 4.48. The van der Waals surface area contributed by atoms with Gasteiger partial charge < -0.3 is 5.11 Å². The van der Waals surface area contributed by atoms with Gasteiger partial charge >= 0.3 is 5.97 Å². The van der Waals surface area contributed by atoms with Crippen LogP contribution in [0.1, 0.15) is 51.4 Å². The monoisotopic (exact) mass is 279 g/mol. The van der Waals surface area contributed by atoms with Crippen molar-refractivity contribution in [2.75, 3.05) is 0 Å². The van der Waals surface area contributed by atoms with Gasteiger partial charge in [0, 0.05) is 6.42 Å². The van der Waals surface area contributed by atoms with E-state index in [9.17, 15) is 19.5 Å². The molecule has 1 saturated carbocycles. The van der Waals surface area contributed by atoms with Gasteiger partial charge in [-0.05, 0) is 19.3 Å². The van der Waals surface area contributed by atoms with Gasteiger partial charge in [0.05, 0.1) is 5.41 Å². The quantitative estimate of drug-likeness (QED) is 0.632. The van der Waals surface area contributed by atoms with Crippen LogP contribution in [-0.4, -0.2) is 33.8 Å². The molecule has 2 amide bonds. The van der Waals surface area contributed by atoms with Gasteiger partial charge in [-0.1, -0.05) is 31.8 Å². The molecule has 5 nitrogen and oxygen atoms in total. The number of rotatable bonds is 4. The SMILES string of the molecule is C=CCC(C(=O)O)N1C(=O)CC2(CCCCCC2)C1=O. The number of hydrogen-bond acceptors (Lipinski definition) is 3. The predicted octanol–water partition coefficient (Wildman–Crippen LogP) is 2.12. The first-order valence-corrected chi connectivity index (χ1v) is 7.22. The summed E-state index contributed by atoms with van der Waals surface area (Å²) in [4.78, 5) is 37.2. The van der Waals surface area contributed by atoms with Gasteiger partial charge in [-0.15, -0.1) is 6.58 Å². The summed E-state index contributed by atoms with van der Waals surface area (Å²) in [6.45, 7) is 3.51. The molecule has 1 saturated heterocycles. The molecule has 1 N–H and O–H groups in total. The van der Waals surface area contributed by atoms with Gasteiger partial charge in [0.25, 0.3) is 0 Å². The lowest BCUT2D eigenvalue weighted by Gasteiger charge is -2.27. The number of carboxylic acids is 1. The van der Waals surface area contributed by atoms with Crippen molar-refractivity contribution in [1.82, 2.24) is 4.90 Å². The largest absolute Gasteiger partial charge is 0.480 e. The second-order valence-corrected chi connectivity index (χ2v) is 5.82. The number of nitrogens with zero attached hydrogens (tertiary/aromatic N) is 1. The number of hydrogen-bond donors (Lipinski definition) is 1. The number of imide groups is 1. The van der Waals surface area contributed by atoms with Crippen molar-refractivity contribution < 1.29 is 19.5 Å². The normalized spacial score (nSPS) is 23.7.